The summed E-state index contributed by atoms with van der Waals surface area (Å²) >= 11 is 0. The molecule has 0 bridgehead atoms. The van der Waals surface area contributed by atoms with Crippen LogP contribution in [0.3, 0.4) is 0 Å². The van der Waals surface area contributed by atoms with Gasteiger partial charge in [-0.1, -0.05) is 13.3 Å². The molecule has 3 N–H and O–H groups in total. The van der Waals surface area contributed by atoms with E-state index in [1.54, 1.807) is 0 Å². The second kappa shape index (κ2) is 4.18. The van der Waals surface area contributed by atoms with E-state index in [9.17, 15) is 4.79 Å². The van der Waals surface area contributed by atoms with Gasteiger partial charge in [0.25, 0.3) is 0 Å². The minimum atomic E-state index is -0.203. The normalized spacial score (nSPS) is 26.7. The molecule has 0 aromatic carbocycles. The van der Waals surface area contributed by atoms with E-state index in [4.69, 9.17) is 0 Å². The summed E-state index contributed by atoms with van der Waals surface area (Å²) in [5, 5.41) is 9.95. The number of nitrogens with zero attached hydrogens (tertiary/aromatic N) is 1. The second-order valence-electron chi connectivity index (χ2n) is 4.34. The molecule has 5 nitrogen and oxygen atoms in total. The molecule has 1 unspecified atom stereocenters. The van der Waals surface area contributed by atoms with Gasteiger partial charge in [0.1, 0.15) is 5.82 Å². The average molecular weight is 210 g/mol. The number of hydrogen-bond donors (Lipinski definition) is 3. The fraction of sp³-hybridized carbons (Fsp3) is 0.800. The first kappa shape index (κ1) is 10.4. The molecule has 1 aliphatic rings. The lowest BCUT2D eigenvalue weighted by Crippen LogP contribution is -2.44. The van der Waals surface area contributed by atoms with Crippen LogP contribution in [0.15, 0.2) is 4.79 Å². The molecule has 0 aliphatic carbocycles. The fourth-order valence-electron chi connectivity index (χ4n) is 2.50. The predicted octanol–water partition coefficient (Wildman–Crippen LogP) is 0.519. The Morgan fingerprint density at radius 3 is 2.93 bits per heavy atom. The van der Waals surface area contributed by atoms with Crippen molar-refractivity contribution in [2.24, 2.45) is 0 Å². The van der Waals surface area contributed by atoms with Gasteiger partial charge in [-0.05, 0) is 25.8 Å². The molecule has 5 heteroatoms. The quantitative estimate of drug-likeness (QED) is 0.681. The van der Waals surface area contributed by atoms with E-state index in [1.807, 2.05) is 0 Å². The van der Waals surface area contributed by atoms with E-state index in [-0.39, 0.29) is 11.1 Å². The van der Waals surface area contributed by atoms with Gasteiger partial charge in [-0.15, -0.1) is 0 Å². The molecule has 0 radical (unpaired) electrons. The number of piperidine rings is 1. The molecule has 0 amide bonds. The minimum Gasteiger partial charge on any atom is -0.316 e. The Kier molecular flexibility index (Phi) is 2.90. The predicted molar refractivity (Wildman–Crippen MR) is 57.9 cm³/mol. The Labute approximate surface area is 88.7 Å². The Balaban J connectivity index is 2.28. The third-order valence-corrected chi connectivity index (χ3v) is 3.20. The molecule has 0 saturated carbocycles. The molecule has 1 aromatic rings. The van der Waals surface area contributed by atoms with Gasteiger partial charge in [-0.3, -0.25) is 4.98 Å². The van der Waals surface area contributed by atoms with Crippen LogP contribution in [0, 0.1) is 0 Å². The van der Waals surface area contributed by atoms with Gasteiger partial charge in [-0.25, -0.2) is 9.89 Å². The van der Waals surface area contributed by atoms with E-state index in [0.29, 0.717) is 0 Å². The highest BCUT2D eigenvalue weighted by Gasteiger charge is 2.35. The second-order valence-corrected chi connectivity index (χ2v) is 4.34. The SMILES string of the molecule is CCCC1(c2n[nH]c(=O)[nH]2)CCCNC1. The standard InChI is InChI=1S/C10H18N4O/c1-2-4-10(5-3-6-11-7-10)8-12-9(15)14-13-8/h11H,2-7H2,1H3,(H2,12,13,14,15). The molecule has 1 atom stereocenters. The number of hydrogen-bond acceptors (Lipinski definition) is 3. The third kappa shape index (κ3) is 1.97. The Hall–Kier alpha value is -1.10. The maximum atomic E-state index is 11.1. The van der Waals surface area contributed by atoms with Gasteiger partial charge in [0.15, 0.2) is 0 Å². The van der Waals surface area contributed by atoms with Crippen molar-refractivity contribution < 1.29 is 0 Å². The molecule has 2 rings (SSSR count). The van der Waals surface area contributed by atoms with Gasteiger partial charge >= 0.3 is 5.69 Å². The number of nitrogens with one attached hydrogen (secondary N) is 3. The summed E-state index contributed by atoms with van der Waals surface area (Å²) in [5.74, 6) is 0.821. The summed E-state index contributed by atoms with van der Waals surface area (Å²) < 4.78 is 0. The maximum absolute atomic E-state index is 11.1. The smallest absolute Gasteiger partial charge is 0.316 e. The number of H-pyrrole nitrogens is 2. The zero-order valence-electron chi connectivity index (χ0n) is 9.10. The molecule has 15 heavy (non-hydrogen) atoms. The van der Waals surface area contributed by atoms with Crippen molar-refractivity contribution >= 4 is 0 Å². The lowest BCUT2D eigenvalue weighted by atomic mass is 9.76. The van der Waals surface area contributed by atoms with Crippen LogP contribution in [0.25, 0.3) is 0 Å². The lowest BCUT2D eigenvalue weighted by Gasteiger charge is -2.35. The van der Waals surface area contributed by atoms with Gasteiger partial charge in [-0.2, -0.15) is 5.10 Å². The van der Waals surface area contributed by atoms with E-state index in [1.165, 1.54) is 0 Å². The summed E-state index contributed by atoms with van der Waals surface area (Å²) in [5.41, 5.74) is -0.169. The summed E-state index contributed by atoms with van der Waals surface area (Å²) in [4.78, 5) is 13.9. The van der Waals surface area contributed by atoms with E-state index >= 15 is 0 Å². The molecular formula is C10H18N4O. The zero-order chi connectivity index (χ0) is 10.7. The van der Waals surface area contributed by atoms with E-state index < -0.39 is 0 Å². The Morgan fingerprint density at radius 2 is 2.40 bits per heavy atom. The van der Waals surface area contributed by atoms with E-state index in [2.05, 4.69) is 27.4 Å². The van der Waals surface area contributed by atoms with Crippen LogP contribution < -0.4 is 11.0 Å². The molecule has 1 fully saturated rings. The lowest BCUT2D eigenvalue weighted by molar-refractivity contribution is 0.276. The van der Waals surface area contributed by atoms with Crippen LogP contribution in [0.1, 0.15) is 38.4 Å². The van der Waals surface area contributed by atoms with Crippen LogP contribution in [0.5, 0.6) is 0 Å². The number of aromatic amines is 2. The zero-order valence-corrected chi connectivity index (χ0v) is 9.10. The Bertz CT molecular complexity index is 356. The summed E-state index contributed by atoms with van der Waals surface area (Å²) in [6, 6.07) is 0. The van der Waals surface area contributed by atoms with E-state index in [0.717, 1.165) is 44.6 Å². The highest BCUT2D eigenvalue weighted by Crippen LogP contribution is 2.32. The molecular weight excluding hydrogens is 192 g/mol. The molecule has 1 aromatic heterocycles. The largest absolute Gasteiger partial charge is 0.340 e. The van der Waals surface area contributed by atoms with Gasteiger partial charge in [0.05, 0.1) is 0 Å². The fourth-order valence-corrected chi connectivity index (χ4v) is 2.50. The van der Waals surface area contributed by atoms with Crippen LogP contribution in [0.4, 0.5) is 0 Å². The average Bonchev–Trinajstić information content (AvgIpc) is 2.67. The van der Waals surface area contributed by atoms with Crippen LogP contribution in [-0.2, 0) is 5.41 Å². The first-order chi connectivity index (χ1) is 7.27. The van der Waals surface area contributed by atoms with Crippen molar-refractivity contribution in [2.75, 3.05) is 13.1 Å². The summed E-state index contributed by atoms with van der Waals surface area (Å²) in [6.45, 7) is 4.16. The number of aromatic nitrogens is 3. The molecule has 2 heterocycles. The van der Waals surface area contributed by atoms with Crippen molar-refractivity contribution in [1.82, 2.24) is 20.5 Å². The summed E-state index contributed by atoms with van der Waals surface area (Å²) in [6.07, 6.45) is 4.43. The van der Waals surface area contributed by atoms with Crippen molar-refractivity contribution in [3.63, 3.8) is 0 Å². The highest BCUT2D eigenvalue weighted by molar-refractivity contribution is 5.09. The maximum Gasteiger partial charge on any atom is 0.340 e. The number of rotatable bonds is 3. The molecule has 0 spiro atoms. The first-order valence-corrected chi connectivity index (χ1v) is 5.63. The van der Waals surface area contributed by atoms with Crippen LogP contribution >= 0.6 is 0 Å². The van der Waals surface area contributed by atoms with Crippen molar-refractivity contribution in [1.29, 1.82) is 0 Å². The minimum absolute atomic E-state index is 0.0339. The van der Waals surface area contributed by atoms with Gasteiger partial charge in [0.2, 0.25) is 0 Å². The molecule has 84 valence electrons. The first-order valence-electron chi connectivity index (χ1n) is 5.63. The molecule has 1 aliphatic heterocycles. The summed E-state index contributed by atoms with van der Waals surface area (Å²) in [7, 11) is 0. The highest BCUT2D eigenvalue weighted by atomic mass is 16.1. The van der Waals surface area contributed by atoms with Crippen molar-refractivity contribution in [3.8, 4) is 0 Å². The van der Waals surface area contributed by atoms with Gasteiger partial charge < -0.3 is 5.32 Å². The molecule has 1 saturated heterocycles. The van der Waals surface area contributed by atoms with Crippen LogP contribution in [0.2, 0.25) is 0 Å². The van der Waals surface area contributed by atoms with Gasteiger partial charge in [0, 0.05) is 12.0 Å². The topological polar surface area (TPSA) is 73.6 Å². The monoisotopic (exact) mass is 210 g/mol. The van der Waals surface area contributed by atoms with Crippen molar-refractivity contribution in [3.05, 3.63) is 16.3 Å². The third-order valence-electron chi connectivity index (χ3n) is 3.20. The Morgan fingerprint density at radius 1 is 1.53 bits per heavy atom. The van der Waals surface area contributed by atoms with Crippen molar-refractivity contribution in [2.45, 2.75) is 38.0 Å². The van der Waals surface area contributed by atoms with Crippen LogP contribution in [-0.4, -0.2) is 28.3 Å².